The van der Waals surface area contributed by atoms with Crippen LogP contribution in [0.25, 0.3) is 22.4 Å². The van der Waals surface area contributed by atoms with Gasteiger partial charge in [0.15, 0.2) is 0 Å². The van der Waals surface area contributed by atoms with E-state index in [-0.39, 0.29) is 0 Å². The molecule has 0 spiro atoms. The van der Waals surface area contributed by atoms with Crippen LogP contribution in [0, 0.1) is 18.6 Å². The van der Waals surface area contributed by atoms with Gasteiger partial charge in [-0.1, -0.05) is 12.1 Å². The Hall–Kier alpha value is -2.23. The second-order valence-corrected chi connectivity index (χ2v) is 4.16. The van der Waals surface area contributed by atoms with E-state index >= 15 is 0 Å². The quantitative estimate of drug-likeness (QED) is 0.692. The van der Waals surface area contributed by atoms with E-state index in [1.54, 1.807) is 6.92 Å². The van der Waals surface area contributed by atoms with Crippen molar-refractivity contribution >= 4 is 11.0 Å². The van der Waals surface area contributed by atoms with Gasteiger partial charge in [0.1, 0.15) is 17.5 Å². The molecule has 3 rings (SSSR count). The molecule has 0 bridgehead atoms. The summed E-state index contributed by atoms with van der Waals surface area (Å²) in [5, 5.41) is 0. The third-order valence-electron chi connectivity index (χ3n) is 2.95. The normalized spacial score (nSPS) is 11.1. The van der Waals surface area contributed by atoms with Gasteiger partial charge in [0.25, 0.3) is 0 Å². The van der Waals surface area contributed by atoms with Crippen LogP contribution in [0.2, 0.25) is 0 Å². The molecule has 1 N–H and O–H groups in total. The molecule has 3 aromatic rings. The molecule has 0 saturated heterocycles. The van der Waals surface area contributed by atoms with Gasteiger partial charge < -0.3 is 4.98 Å². The van der Waals surface area contributed by atoms with Gasteiger partial charge in [-0.05, 0) is 30.7 Å². The highest BCUT2D eigenvalue weighted by molar-refractivity contribution is 5.79. The van der Waals surface area contributed by atoms with Gasteiger partial charge in [-0.15, -0.1) is 0 Å². The number of imidazole rings is 1. The topological polar surface area (TPSA) is 28.7 Å². The number of nitrogens with zero attached hydrogens (tertiary/aromatic N) is 1. The number of nitrogens with one attached hydrogen (secondary N) is 1. The number of H-pyrrole nitrogens is 1. The molecule has 1 heterocycles. The number of benzene rings is 2. The second kappa shape index (κ2) is 3.91. The molecule has 0 unspecified atom stereocenters. The highest BCUT2D eigenvalue weighted by Gasteiger charge is 2.12. The van der Waals surface area contributed by atoms with Crippen LogP contribution >= 0.6 is 0 Å². The van der Waals surface area contributed by atoms with E-state index in [4.69, 9.17) is 0 Å². The van der Waals surface area contributed by atoms with E-state index in [1.807, 2.05) is 24.3 Å². The average molecular weight is 244 g/mol. The molecule has 18 heavy (non-hydrogen) atoms. The number of hydrogen-bond acceptors (Lipinski definition) is 1. The van der Waals surface area contributed by atoms with Gasteiger partial charge in [0, 0.05) is 11.6 Å². The molecule has 0 aliphatic heterocycles. The summed E-state index contributed by atoms with van der Waals surface area (Å²) in [5.41, 5.74) is 2.45. The van der Waals surface area contributed by atoms with Crippen molar-refractivity contribution in [2.24, 2.45) is 0 Å². The van der Waals surface area contributed by atoms with E-state index in [9.17, 15) is 8.78 Å². The Morgan fingerprint density at radius 1 is 1.11 bits per heavy atom. The van der Waals surface area contributed by atoms with Crippen molar-refractivity contribution < 1.29 is 8.78 Å². The molecule has 90 valence electrons. The van der Waals surface area contributed by atoms with Gasteiger partial charge >= 0.3 is 0 Å². The molecule has 0 aliphatic rings. The number of aromatic nitrogens is 2. The van der Waals surface area contributed by atoms with Crippen LogP contribution in [0.5, 0.6) is 0 Å². The Balaban J connectivity index is 2.26. The summed E-state index contributed by atoms with van der Waals surface area (Å²) in [6.07, 6.45) is 0. The first-order chi connectivity index (χ1) is 8.65. The van der Waals surface area contributed by atoms with E-state index in [2.05, 4.69) is 9.97 Å². The molecule has 0 radical (unpaired) electrons. The van der Waals surface area contributed by atoms with E-state index < -0.39 is 11.6 Å². The van der Waals surface area contributed by atoms with Crippen molar-refractivity contribution in [2.75, 3.05) is 0 Å². The monoisotopic (exact) mass is 244 g/mol. The van der Waals surface area contributed by atoms with Crippen LogP contribution in [-0.2, 0) is 0 Å². The van der Waals surface area contributed by atoms with Crippen molar-refractivity contribution in [3.8, 4) is 11.4 Å². The summed E-state index contributed by atoms with van der Waals surface area (Å²) >= 11 is 0. The van der Waals surface area contributed by atoms with Crippen LogP contribution in [0.15, 0.2) is 36.4 Å². The Labute approximate surface area is 102 Å². The summed E-state index contributed by atoms with van der Waals surface area (Å²) in [5.74, 6) is -0.689. The van der Waals surface area contributed by atoms with Gasteiger partial charge in [0.2, 0.25) is 0 Å². The molecule has 0 aliphatic carbocycles. The zero-order chi connectivity index (χ0) is 12.7. The first-order valence-corrected chi connectivity index (χ1v) is 5.56. The first-order valence-electron chi connectivity index (χ1n) is 5.56. The maximum Gasteiger partial charge on any atom is 0.138 e. The zero-order valence-corrected chi connectivity index (χ0v) is 9.67. The van der Waals surface area contributed by atoms with Gasteiger partial charge in [-0.3, -0.25) is 0 Å². The predicted octanol–water partition coefficient (Wildman–Crippen LogP) is 3.82. The first kappa shape index (κ1) is 10.9. The van der Waals surface area contributed by atoms with Crippen molar-refractivity contribution in [1.29, 1.82) is 0 Å². The summed E-state index contributed by atoms with van der Waals surface area (Å²) in [4.78, 5) is 7.40. The van der Waals surface area contributed by atoms with Crippen molar-refractivity contribution in [1.82, 2.24) is 9.97 Å². The molecular formula is C14H10F2N2. The number of aromatic amines is 1. The fourth-order valence-corrected chi connectivity index (χ4v) is 1.97. The Kier molecular flexibility index (Phi) is 2.37. The third-order valence-corrected chi connectivity index (χ3v) is 2.95. The van der Waals surface area contributed by atoms with Crippen LogP contribution in [0.3, 0.4) is 0 Å². The average Bonchev–Trinajstić information content (AvgIpc) is 2.77. The predicted molar refractivity (Wildman–Crippen MR) is 66.2 cm³/mol. The third kappa shape index (κ3) is 1.66. The SMILES string of the molecule is Cc1c(F)cc(F)cc1-c1nc2ccccc2[nH]1. The number of fused-ring (bicyclic) bond motifs is 1. The van der Waals surface area contributed by atoms with Gasteiger partial charge in [-0.25, -0.2) is 13.8 Å². The van der Waals surface area contributed by atoms with E-state index in [0.29, 0.717) is 17.0 Å². The van der Waals surface area contributed by atoms with Crippen LogP contribution < -0.4 is 0 Å². The molecule has 4 heteroatoms. The fourth-order valence-electron chi connectivity index (χ4n) is 1.97. The van der Waals surface area contributed by atoms with Crippen molar-refractivity contribution in [3.63, 3.8) is 0 Å². The molecule has 2 nitrogen and oxygen atoms in total. The number of para-hydroxylation sites is 2. The molecule has 1 aromatic heterocycles. The highest BCUT2D eigenvalue weighted by atomic mass is 19.1. The minimum Gasteiger partial charge on any atom is -0.338 e. The van der Waals surface area contributed by atoms with Crippen LogP contribution in [-0.4, -0.2) is 9.97 Å². The van der Waals surface area contributed by atoms with Gasteiger partial charge in [0.05, 0.1) is 11.0 Å². The lowest BCUT2D eigenvalue weighted by Crippen LogP contribution is -1.92. The van der Waals surface area contributed by atoms with Crippen LogP contribution in [0.1, 0.15) is 5.56 Å². The zero-order valence-electron chi connectivity index (χ0n) is 9.67. The summed E-state index contributed by atoms with van der Waals surface area (Å²) in [6, 6.07) is 9.63. The Morgan fingerprint density at radius 3 is 2.67 bits per heavy atom. The van der Waals surface area contributed by atoms with Crippen LogP contribution in [0.4, 0.5) is 8.78 Å². The molecule has 2 aromatic carbocycles. The minimum atomic E-state index is -0.603. The molecule has 0 atom stereocenters. The van der Waals surface area contributed by atoms with Gasteiger partial charge in [-0.2, -0.15) is 0 Å². The summed E-state index contributed by atoms with van der Waals surface area (Å²) in [7, 11) is 0. The summed E-state index contributed by atoms with van der Waals surface area (Å²) < 4.78 is 26.8. The molecule has 0 saturated carbocycles. The Bertz CT molecular complexity index is 699. The lowest BCUT2D eigenvalue weighted by molar-refractivity contribution is 0.578. The highest BCUT2D eigenvalue weighted by Crippen LogP contribution is 2.26. The maximum atomic E-state index is 13.5. The van der Waals surface area contributed by atoms with Crippen molar-refractivity contribution in [3.05, 3.63) is 53.6 Å². The standard InChI is InChI=1S/C14H10F2N2/c1-8-10(6-9(15)7-11(8)16)14-17-12-4-2-3-5-13(12)18-14/h2-7H,1H3,(H,17,18). The lowest BCUT2D eigenvalue weighted by atomic mass is 10.1. The largest absolute Gasteiger partial charge is 0.338 e. The summed E-state index contributed by atoms with van der Waals surface area (Å²) in [6.45, 7) is 1.61. The number of rotatable bonds is 1. The minimum absolute atomic E-state index is 0.385. The molecule has 0 fully saturated rings. The molecular weight excluding hydrogens is 234 g/mol. The van der Waals surface area contributed by atoms with Crippen molar-refractivity contribution in [2.45, 2.75) is 6.92 Å². The smallest absolute Gasteiger partial charge is 0.138 e. The fraction of sp³-hybridized carbons (Fsp3) is 0.0714. The number of hydrogen-bond donors (Lipinski definition) is 1. The van der Waals surface area contributed by atoms with E-state index in [0.717, 1.165) is 17.1 Å². The number of halogens is 2. The Morgan fingerprint density at radius 2 is 1.89 bits per heavy atom. The maximum absolute atomic E-state index is 13.5. The molecule has 0 amide bonds. The second-order valence-electron chi connectivity index (χ2n) is 4.16. The lowest BCUT2D eigenvalue weighted by Gasteiger charge is -2.03. The van der Waals surface area contributed by atoms with E-state index in [1.165, 1.54) is 6.07 Å².